The zero-order chi connectivity index (χ0) is 20.8. The van der Waals surface area contributed by atoms with E-state index in [1.807, 2.05) is 23.9 Å². The number of nitrogens with zero attached hydrogens (tertiary/aromatic N) is 4. The predicted molar refractivity (Wildman–Crippen MR) is 130 cm³/mol. The lowest BCUT2D eigenvalue weighted by atomic mass is 10.2. The van der Waals surface area contributed by atoms with Crippen LogP contribution in [0.2, 0.25) is 0 Å². The maximum absolute atomic E-state index is 9.48. The second-order valence-electron chi connectivity index (χ2n) is 7.94. The van der Waals surface area contributed by atoms with Crippen LogP contribution in [0.4, 0.5) is 17.1 Å². The first-order chi connectivity index (χ1) is 14.7. The molecule has 2 heterocycles. The Labute approximate surface area is 184 Å². The first-order valence-corrected chi connectivity index (χ1v) is 12.1. The molecule has 2 aromatic carbocycles. The summed E-state index contributed by atoms with van der Waals surface area (Å²) in [6.07, 6.45) is 3.71. The summed E-state index contributed by atoms with van der Waals surface area (Å²) in [7, 11) is 0. The molecular weight excluding hydrogens is 392 g/mol. The van der Waals surface area contributed by atoms with Crippen molar-refractivity contribution >= 4 is 34.0 Å². The quantitative estimate of drug-likeness (QED) is 0.711. The van der Waals surface area contributed by atoms with Gasteiger partial charge in [-0.05, 0) is 61.4 Å². The molecule has 1 N–H and O–H groups in total. The number of phenols is 1. The number of piperazine rings is 1. The van der Waals surface area contributed by atoms with Gasteiger partial charge < -0.3 is 19.8 Å². The second-order valence-corrected chi connectivity index (χ2v) is 9.01. The summed E-state index contributed by atoms with van der Waals surface area (Å²) in [6, 6.07) is 16.2. The standard InChI is InChI=1S/C24H32N4OS/c1-2-3-13-28-14-4-19-30-24(28)25-20-5-7-21(8-6-20)26-15-17-27(18-16-26)22-9-11-23(29)12-10-22/h5-12,29H,2-4,13-19H2,1H3/b25-24-. The van der Waals surface area contributed by atoms with Gasteiger partial charge >= 0.3 is 0 Å². The molecule has 0 atom stereocenters. The molecule has 0 amide bonds. The Hall–Kier alpha value is -2.34. The normalized spacial score (nSPS) is 18.8. The lowest BCUT2D eigenvalue weighted by Gasteiger charge is -2.37. The zero-order valence-electron chi connectivity index (χ0n) is 17.8. The first-order valence-electron chi connectivity index (χ1n) is 11.1. The van der Waals surface area contributed by atoms with Crippen molar-refractivity contribution in [2.45, 2.75) is 26.2 Å². The average Bonchev–Trinajstić information content (AvgIpc) is 2.80. The van der Waals surface area contributed by atoms with E-state index in [1.54, 1.807) is 12.1 Å². The van der Waals surface area contributed by atoms with Gasteiger partial charge in [-0.15, -0.1) is 0 Å². The zero-order valence-corrected chi connectivity index (χ0v) is 18.7. The molecule has 0 aromatic heterocycles. The van der Waals surface area contributed by atoms with Crippen molar-refractivity contribution in [3.63, 3.8) is 0 Å². The fourth-order valence-electron chi connectivity index (χ4n) is 4.00. The van der Waals surface area contributed by atoms with Crippen LogP contribution in [0.25, 0.3) is 0 Å². The van der Waals surface area contributed by atoms with E-state index in [1.165, 1.54) is 41.6 Å². The number of phenolic OH excluding ortho intramolecular Hbond substituents is 1. The van der Waals surface area contributed by atoms with E-state index < -0.39 is 0 Å². The minimum absolute atomic E-state index is 0.321. The van der Waals surface area contributed by atoms with Gasteiger partial charge in [-0.2, -0.15) is 0 Å². The number of rotatable bonds is 6. The van der Waals surface area contributed by atoms with Crippen molar-refractivity contribution in [3.05, 3.63) is 48.5 Å². The van der Waals surface area contributed by atoms with Crippen molar-refractivity contribution in [2.24, 2.45) is 4.99 Å². The summed E-state index contributed by atoms with van der Waals surface area (Å²) in [5.41, 5.74) is 3.49. The average molecular weight is 425 g/mol. The van der Waals surface area contributed by atoms with Crippen molar-refractivity contribution in [3.8, 4) is 5.75 Å². The van der Waals surface area contributed by atoms with E-state index >= 15 is 0 Å². The van der Waals surface area contributed by atoms with Crippen molar-refractivity contribution in [2.75, 3.05) is 54.8 Å². The molecular formula is C24H32N4OS. The molecule has 2 saturated heterocycles. The monoisotopic (exact) mass is 424 g/mol. The number of aromatic hydroxyl groups is 1. The molecule has 2 aliphatic heterocycles. The van der Waals surface area contributed by atoms with Gasteiger partial charge in [0, 0.05) is 56.4 Å². The Bertz CT molecular complexity index is 829. The van der Waals surface area contributed by atoms with Crippen LogP contribution in [0.1, 0.15) is 26.2 Å². The van der Waals surface area contributed by atoms with E-state index in [9.17, 15) is 5.11 Å². The van der Waals surface area contributed by atoms with Crippen LogP contribution >= 0.6 is 11.8 Å². The van der Waals surface area contributed by atoms with Crippen LogP contribution in [-0.2, 0) is 0 Å². The number of thioether (sulfide) groups is 1. The van der Waals surface area contributed by atoms with Crippen LogP contribution < -0.4 is 9.80 Å². The highest BCUT2D eigenvalue weighted by atomic mass is 32.2. The van der Waals surface area contributed by atoms with E-state index in [4.69, 9.17) is 4.99 Å². The SMILES string of the molecule is CCCCN1CCCS/C1=N\c1ccc(N2CCN(c3ccc(O)cc3)CC2)cc1. The summed E-state index contributed by atoms with van der Waals surface area (Å²) < 4.78 is 0. The molecule has 0 aliphatic carbocycles. The molecule has 0 bridgehead atoms. The van der Waals surface area contributed by atoms with Gasteiger partial charge in [0.1, 0.15) is 5.75 Å². The smallest absolute Gasteiger partial charge is 0.164 e. The molecule has 6 heteroatoms. The third-order valence-corrected chi connectivity index (χ3v) is 6.89. The van der Waals surface area contributed by atoms with Crippen molar-refractivity contribution in [1.82, 2.24) is 4.90 Å². The summed E-state index contributed by atoms with van der Waals surface area (Å²) in [4.78, 5) is 12.2. The largest absolute Gasteiger partial charge is 0.508 e. The number of hydrogen-bond acceptors (Lipinski definition) is 5. The molecule has 5 nitrogen and oxygen atoms in total. The van der Waals surface area contributed by atoms with E-state index in [2.05, 4.69) is 45.9 Å². The van der Waals surface area contributed by atoms with Gasteiger partial charge in [0.05, 0.1) is 5.69 Å². The maximum Gasteiger partial charge on any atom is 0.164 e. The lowest BCUT2D eigenvalue weighted by molar-refractivity contribution is 0.411. The number of amidine groups is 1. The molecule has 0 unspecified atom stereocenters. The molecule has 2 aromatic rings. The highest BCUT2D eigenvalue weighted by molar-refractivity contribution is 8.13. The van der Waals surface area contributed by atoms with Gasteiger partial charge in [0.2, 0.25) is 0 Å². The van der Waals surface area contributed by atoms with Crippen LogP contribution in [0.5, 0.6) is 5.75 Å². The molecule has 30 heavy (non-hydrogen) atoms. The minimum Gasteiger partial charge on any atom is -0.508 e. The van der Waals surface area contributed by atoms with Gasteiger partial charge in [-0.25, -0.2) is 4.99 Å². The predicted octanol–water partition coefficient (Wildman–Crippen LogP) is 4.95. The third-order valence-electron chi connectivity index (χ3n) is 5.79. The molecule has 160 valence electrons. The Morgan fingerprint density at radius 2 is 1.47 bits per heavy atom. The fraction of sp³-hybridized carbons (Fsp3) is 0.458. The van der Waals surface area contributed by atoms with Crippen LogP contribution in [0, 0.1) is 0 Å². The number of hydrogen-bond donors (Lipinski definition) is 1. The van der Waals surface area contributed by atoms with Crippen LogP contribution in [0.15, 0.2) is 53.5 Å². The maximum atomic E-state index is 9.48. The van der Waals surface area contributed by atoms with E-state index in [-0.39, 0.29) is 0 Å². The minimum atomic E-state index is 0.321. The van der Waals surface area contributed by atoms with E-state index in [0.717, 1.165) is 45.0 Å². The highest BCUT2D eigenvalue weighted by Crippen LogP contribution is 2.26. The van der Waals surface area contributed by atoms with E-state index in [0.29, 0.717) is 5.75 Å². The molecule has 0 radical (unpaired) electrons. The van der Waals surface area contributed by atoms with Gasteiger partial charge in [0.25, 0.3) is 0 Å². The summed E-state index contributed by atoms with van der Waals surface area (Å²) in [5.74, 6) is 1.49. The van der Waals surface area contributed by atoms with Crippen LogP contribution in [-0.4, -0.2) is 60.2 Å². The molecule has 0 saturated carbocycles. The molecule has 0 spiro atoms. The van der Waals surface area contributed by atoms with Crippen molar-refractivity contribution < 1.29 is 5.11 Å². The fourth-order valence-corrected chi connectivity index (χ4v) is 4.99. The third kappa shape index (κ3) is 5.22. The second kappa shape index (κ2) is 10.1. The first kappa shape index (κ1) is 20.9. The topological polar surface area (TPSA) is 42.3 Å². The Morgan fingerprint density at radius 3 is 2.07 bits per heavy atom. The van der Waals surface area contributed by atoms with Gasteiger partial charge in [-0.3, -0.25) is 0 Å². The Morgan fingerprint density at radius 1 is 0.867 bits per heavy atom. The number of aliphatic imine (C=N–C) groups is 1. The highest BCUT2D eigenvalue weighted by Gasteiger charge is 2.19. The Kier molecular flexibility index (Phi) is 7.05. The van der Waals surface area contributed by atoms with Crippen LogP contribution in [0.3, 0.4) is 0 Å². The number of benzene rings is 2. The summed E-state index contributed by atoms with van der Waals surface area (Å²) in [5, 5.41) is 10.7. The summed E-state index contributed by atoms with van der Waals surface area (Å²) >= 11 is 1.89. The lowest BCUT2D eigenvalue weighted by Crippen LogP contribution is -2.46. The van der Waals surface area contributed by atoms with Gasteiger partial charge in [0.15, 0.2) is 5.17 Å². The summed E-state index contributed by atoms with van der Waals surface area (Å²) in [6.45, 7) is 8.46. The molecule has 2 aliphatic rings. The Balaban J connectivity index is 1.36. The molecule has 4 rings (SSSR count). The number of anilines is 2. The van der Waals surface area contributed by atoms with Crippen molar-refractivity contribution in [1.29, 1.82) is 0 Å². The molecule has 2 fully saturated rings. The number of unbranched alkanes of at least 4 members (excludes halogenated alkanes) is 1. The van der Waals surface area contributed by atoms with Gasteiger partial charge in [-0.1, -0.05) is 25.1 Å².